The SMILES string of the molecule is CC=C(C)C[Si](Cl)(Cl)C[SiH](Cl)Cl. The highest BCUT2D eigenvalue weighted by molar-refractivity contribution is 7.52. The molecule has 0 aliphatic rings. The summed E-state index contributed by atoms with van der Waals surface area (Å²) in [5.41, 5.74) is 1.87. The molecule has 0 spiro atoms. The Morgan fingerprint density at radius 2 is 1.92 bits per heavy atom. The molecule has 0 saturated heterocycles. The van der Waals surface area contributed by atoms with Gasteiger partial charge in [-0.25, -0.2) is 0 Å². The lowest BCUT2D eigenvalue weighted by Crippen LogP contribution is -2.23. The minimum atomic E-state index is -2.18. The van der Waals surface area contributed by atoms with Gasteiger partial charge in [-0.3, -0.25) is 0 Å². The van der Waals surface area contributed by atoms with Gasteiger partial charge in [-0.05, 0) is 25.6 Å². The molecule has 12 heavy (non-hydrogen) atoms. The fraction of sp³-hybridized carbons (Fsp3) is 0.667. The molecule has 0 atom stereocenters. The van der Waals surface area contributed by atoms with Gasteiger partial charge >= 0.3 is 0 Å². The lowest BCUT2D eigenvalue weighted by Gasteiger charge is -2.16. The number of allylic oxidation sites excluding steroid dienone is 2. The van der Waals surface area contributed by atoms with Crippen molar-refractivity contribution in [1.29, 1.82) is 0 Å². The molecule has 0 aliphatic heterocycles. The second-order valence-corrected chi connectivity index (χ2v) is 16.0. The highest BCUT2D eigenvalue weighted by atomic mass is 35.7. The zero-order valence-electron chi connectivity index (χ0n) is 7.08. The Kier molecular flexibility index (Phi) is 6.60. The van der Waals surface area contributed by atoms with Crippen LogP contribution in [-0.2, 0) is 0 Å². The van der Waals surface area contributed by atoms with Crippen LogP contribution in [0.2, 0.25) is 11.7 Å². The maximum atomic E-state index is 6.13. The number of halogens is 4. The Bertz CT molecular complexity index is 167. The minimum Gasteiger partial charge on any atom is -0.151 e. The summed E-state index contributed by atoms with van der Waals surface area (Å²) in [7, 11) is -1.65. The molecule has 0 aromatic heterocycles. The first kappa shape index (κ1) is 13.3. The predicted octanol–water partition coefficient (Wildman–Crippen LogP) is 4.11. The second kappa shape index (κ2) is 5.94. The van der Waals surface area contributed by atoms with Gasteiger partial charge in [0.05, 0.1) is 0 Å². The maximum absolute atomic E-state index is 6.13. The minimum absolute atomic E-state index is 0.657. The van der Waals surface area contributed by atoms with Gasteiger partial charge in [-0.2, -0.15) is 22.2 Å². The summed E-state index contributed by atoms with van der Waals surface area (Å²) in [4.78, 5) is 0. The largest absolute Gasteiger partial charge is 0.254 e. The molecule has 0 heterocycles. The van der Waals surface area contributed by atoms with Crippen LogP contribution >= 0.6 is 44.3 Å². The standard InChI is InChI=1S/C6H12Cl4Si2/c1-3-6(2)4-12(9,10)5-11(7)8/h3,11H,4-5H2,1-2H3. The van der Waals surface area contributed by atoms with Crippen molar-refractivity contribution in [3.63, 3.8) is 0 Å². The van der Waals surface area contributed by atoms with E-state index in [4.69, 9.17) is 44.3 Å². The van der Waals surface area contributed by atoms with Crippen molar-refractivity contribution < 1.29 is 0 Å². The summed E-state index contributed by atoms with van der Waals surface area (Å²) in [6, 6.07) is 0.773. The van der Waals surface area contributed by atoms with Crippen LogP contribution in [0.4, 0.5) is 0 Å². The number of rotatable bonds is 4. The Labute approximate surface area is 95.3 Å². The normalized spacial score (nSPS) is 14.1. The summed E-state index contributed by atoms with van der Waals surface area (Å²) in [5, 5.41) is 0. The van der Waals surface area contributed by atoms with Gasteiger partial charge in [0.2, 0.25) is 7.42 Å². The van der Waals surface area contributed by atoms with Crippen LogP contribution in [0.1, 0.15) is 13.8 Å². The monoisotopic (exact) mass is 280 g/mol. The molecular weight excluding hydrogens is 270 g/mol. The Morgan fingerprint density at radius 1 is 1.42 bits per heavy atom. The van der Waals surface area contributed by atoms with Crippen LogP contribution in [0.25, 0.3) is 0 Å². The van der Waals surface area contributed by atoms with E-state index in [1.807, 2.05) is 19.9 Å². The first-order chi connectivity index (χ1) is 5.37. The van der Waals surface area contributed by atoms with E-state index in [2.05, 4.69) is 0 Å². The van der Waals surface area contributed by atoms with Crippen LogP contribution < -0.4 is 0 Å². The van der Waals surface area contributed by atoms with Crippen molar-refractivity contribution in [3.8, 4) is 0 Å². The molecule has 0 unspecified atom stereocenters. The van der Waals surface area contributed by atoms with E-state index < -0.39 is 14.1 Å². The first-order valence-electron chi connectivity index (χ1n) is 3.65. The van der Waals surface area contributed by atoms with E-state index in [-0.39, 0.29) is 0 Å². The fourth-order valence-electron chi connectivity index (χ4n) is 0.808. The van der Waals surface area contributed by atoms with Crippen molar-refractivity contribution in [3.05, 3.63) is 11.6 Å². The van der Waals surface area contributed by atoms with E-state index >= 15 is 0 Å². The predicted molar refractivity (Wildman–Crippen MR) is 65.4 cm³/mol. The lowest BCUT2D eigenvalue weighted by molar-refractivity contribution is 1.33. The highest BCUT2D eigenvalue weighted by Gasteiger charge is 2.31. The molecule has 72 valence electrons. The molecule has 6 heteroatoms. The molecule has 0 fully saturated rings. The topological polar surface area (TPSA) is 0 Å². The molecule has 0 nitrogen and oxygen atoms in total. The van der Waals surface area contributed by atoms with Gasteiger partial charge in [0, 0.05) is 0 Å². The van der Waals surface area contributed by atoms with E-state index in [9.17, 15) is 0 Å². The summed E-state index contributed by atoms with van der Waals surface area (Å²) < 4.78 is 0. The Hall–Kier alpha value is 1.33. The van der Waals surface area contributed by atoms with Gasteiger partial charge in [0.1, 0.15) is 0 Å². The van der Waals surface area contributed by atoms with Gasteiger partial charge in [-0.15, -0.1) is 22.2 Å². The van der Waals surface area contributed by atoms with E-state index in [1.165, 1.54) is 5.57 Å². The molecule has 0 N–H and O–H groups in total. The third kappa shape index (κ3) is 6.81. The smallest absolute Gasteiger partial charge is 0.151 e. The zero-order chi connectivity index (χ0) is 9.78. The van der Waals surface area contributed by atoms with E-state index in [1.54, 1.807) is 0 Å². The summed E-state index contributed by atoms with van der Waals surface area (Å²) in [6.07, 6.45) is 2.02. The van der Waals surface area contributed by atoms with Crippen molar-refractivity contribution in [2.75, 3.05) is 0 Å². The Morgan fingerprint density at radius 3 is 2.25 bits per heavy atom. The van der Waals surface area contributed by atoms with Crippen molar-refractivity contribution in [2.24, 2.45) is 0 Å². The van der Waals surface area contributed by atoms with Crippen LogP contribution in [0.15, 0.2) is 11.6 Å². The number of hydrogen-bond acceptors (Lipinski definition) is 0. The van der Waals surface area contributed by atoms with Gasteiger partial charge in [-0.1, -0.05) is 11.6 Å². The van der Waals surface area contributed by atoms with Crippen molar-refractivity contribution in [1.82, 2.24) is 0 Å². The third-order valence-corrected chi connectivity index (χ3v) is 12.5. The van der Waals surface area contributed by atoms with Crippen molar-refractivity contribution in [2.45, 2.75) is 25.6 Å². The van der Waals surface area contributed by atoms with Crippen LogP contribution in [-0.4, -0.2) is 14.1 Å². The molecule has 0 aromatic rings. The first-order valence-corrected chi connectivity index (χ1v) is 12.4. The molecular formula is C6H12Cl4Si2. The van der Waals surface area contributed by atoms with Gasteiger partial charge in [0.25, 0.3) is 6.69 Å². The maximum Gasteiger partial charge on any atom is 0.254 e. The molecule has 0 bridgehead atoms. The third-order valence-electron chi connectivity index (χ3n) is 1.48. The van der Waals surface area contributed by atoms with Gasteiger partial charge < -0.3 is 0 Å². The fourth-order valence-corrected chi connectivity index (χ4v) is 15.8. The van der Waals surface area contributed by atoms with Crippen LogP contribution in [0, 0.1) is 0 Å². The van der Waals surface area contributed by atoms with E-state index in [0.717, 1.165) is 6.04 Å². The number of hydrogen-bond donors (Lipinski definition) is 0. The molecule has 0 saturated carbocycles. The Balaban J connectivity index is 4.03. The average molecular weight is 282 g/mol. The average Bonchev–Trinajstić information content (AvgIpc) is 1.83. The van der Waals surface area contributed by atoms with Crippen LogP contribution in [0.3, 0.4) is 0 Å². The molecule has 0 amide bonds. The molecule has 0 aliphatic carbocycles. The summed E-state index contributed by atoms with van der Waals surface area (Å²) in [5.74, 6) is 0. The lowest BCUT2D eigenvalue weighted by atomic mass is 10.3. The van der Waals surface area contributed by atoms with E-state index in [0.29, 0.717) is 5.67 Å². The van der Waals surface area contributed by atoms with Gasteiger partial charge in [0.15, 0.2) is 0 Å². The molecule has 0 rings (SSSR count). The van der Waals surface area contributed by atoms with Crippen LogP contribution in [0.5, 0.6) is 0 Å². The highest BCUT2D eigenvalue weighted by Crippen LogP contribution is 2.31. The summed E-state index contributed by atoms with van der Waals surface area (Å²) in [6.45, 7) is 1.82. The molecule has 0 aromatic carbocycles. The summed E-state index contributed by atoms with van der Waals surface area (Å²) >= 11 is 23.7. The quantitative estimate of drug-likeness (QED) is 0.413. The zero-order valence-corrected chi connectivity index (χ0v) is 12.3. The van der Waals surface area contributed by atoms with Crippen molar-refractivity contribution >= 4 is 58.4 Å². The molecule has 0 radical (unpaired) electrons. The second-order valence-electron chi connectivity index (χ2n) is 2.76.